The van der Waals surface area contributed by atoms with Gasteiger partial charge in [-0.25, -0.2) is 0 Å². The highest BCUT2D eigenvalue weighted by Crippen LogP contribution is 2.20. The molecule has 0 saturated carbocycles. The fraction of sp³-hybridized carbons (Fsp3) is 0.111. The molecule has 0 aliphatic carbocycles. The van der Waals surface area contributed by atoms with Gasteiger partial charge in [0, 0.05) is 22.2 Å². The van der Waals surface area contributed by atoms with Crippen LogP contribution >= 0.6 is 11.6 Å². The minimum atomic E-state index is -0.458. The highest BCUT2D eigenvalue weighted by atomic mass is 35.5. The Labute approximate surface area is 145 Å². The third-order valence-corrected chi connectivity index (χ3v) is 3.46. The monoisotopic (exact) mass is 344 g/mol. The summed E-state index contributed by atoms with van der Waals surface area (Å²) in [7, 11) is 1.56. The average Bonchev–Trinajstić information content (AvgIpc) is 2.58. The number of carbonyl (C=O) groups is 2. The van der Waals surface area contributed by atoms with E-state index in [4.69, 9.17) is 16.3 Å². The van der Waals surface area contributed by atoms with Gasteiger partial charge in [0.1, 0.15) is 5.75 Å². The van der Waals surface area contributed by atoms with Crippen LogP contribution in [-0.4, -0.2) is 18.9 Å². The van der Waals surface area contributed by atoms with Crippen LogP contribution < -0.4 is 15.6 Å². The Hall–Kier alpha value is -2.79. The topological polar surface area (TPSA) is 67.4 Å². The molecule has 2 aromatic carbocycles. The third-order valence-electron chi connectivity index (χ3n) is 3.21. The number of hydrazine groups is 1. The van der Waals surface area contributed by atoms with E-state index < -0.39 is 11.8 Å². The second kappa shape index (κ2) is 8.17. The van der Waals surface area contributed by atoms with E-state index in [0.717, 1.165) is 11.1 Å². The molecule has 2 N–H and O–H groups in total. The normalized spacial score (nSPS) is 10.5. The van der Waals surface area contributed by atoms with Gasteiger partial charge >= 0.3 is 0 Å². The van der Waals surface area contributed by atoms with Crippen LogP contribution in [0.3, 0.4) is 0 Å². The number of aryl methyl sites for hydroxylation is 1. The van der Waals surface area contributed by atoms with E-state index in [1.54, 1.807) is 37.5 Å². The zero-order chi connectivity index (χ0) is 17.5. The first-order valence-corrected chi connectivity index (χ1v) is 7.56. The molecule has 0 unspecified atom stereocenters. The lowest BCUT2D eigenvalue weighted by molar-refractivity contribution is -0.117. The minimum absolute atomic E-state index is 0.393. The van der Waals surface area contributed by atoms with Crippen molar-refractivity contribution in [3.63, 3.8) is 0 Å². The first-order valence-electron chi connectivity index (χ1n) is 7.18. The second-order valence-electron chi connectivity index (χ2n) is 5.03. The van der Waals surface area contributed by atoms with Crippen LogP contribution in [0.4, 0.5) is 0 Å². The molecule has 5 nitrogen and oxygen atoms in total. The number of nitrogens with one attached hydrogen (secondary N) is 2. The number of methoxy groups -OCH3 is 1. The number of benzene rings is 2. The fourth-order valence-corrected chi connectivity index (χ4v) is 2.11. The Morgan fingerprint density at radius 1 is 1.08 bits per heavy atom. The predicted octanol–water partition coefficient (Wildman–Crippen LogP) is 3.13. The maximum Gasteiger partial charge on any atom is 0.269 e. The van der Waals surface area contributed by atoms with Gasteiger partial charge in [0.05, 0.1) is 7.11 Å². The van der Waals surface area contributed by atoms with Crippen LogP contribution in [0.25, 0.3) is 6.08 Å². The Morgan fingerprint density at radius 2 is 1.79 bits per heavy atom. The van der Waals surface area contributed by atoms with Gasteiger partial charge in [-0.3, -0.25) is 20.4 Å². The zero-order valence-electron chi connectivity index (χ0n) is 13.3. The third kappa shape index (κ3) is 4.86. The maximum atomic E-state index is 11.9. The first kappa shape index (κ1) is 17.6. The molecule has 0 aliphatic heterocycles. The molecule has 0 fully saturated rings. The molecule has 0 radical (unpaired) electrons. The van der Waals surface area contributed by atoms with Gasteiger partial charge in [-0.15, -0.1) is 0 Å². The predicted molar refractivity (Wildman–Crippen MR) is 93.8 cm³/mol. The summed E-state index contributed by atoms with van der Waals surface area (Å²) in [5.41, 5.74) is 6.86. The molecular formula is C18H17ClN2O3. The summed E-state index contributed by atoms with van der Waals surface area (Å²) in [4.78, 5) is 23.7. The Balaban J connectivity index is 1.94. The summed E-state index contributed by atoms with van der Waals surface area (Å²) in [6.07, 6.45) is 2.94. The van der Waals surface area contributed by atoms with Gasteiger partial charge in [0.2, 0.25) is 0 Å². The van der Waals surface area contributed by atoms with E-state index >= 15 is 0 Å². The van der Waals surface area contributed by atoms with E-state index in [2.05, 4.69) is 10.9 Å². The van der Waals surface area contributed by atoms with Gasteiger partial charge in [0.25, 0.3) is 11.8 Å². The smallest absolute Gasteiger partial charge is 0.269 e. The quantitative estimate of drug-likeness (QED) is 0.661. The van der Waals surface area contributed by atoms with Gasteiger partial charge in [0.15, 0.2) is 0 Å². The number of carbonyl (C=O) groups excluding carboxylic acids is 2. The van der Waals surface area contributed by atoms with Gasteiger partial charge < -0.3 is 4.74 Å². The van der Waals surface area contributed by atoms with Crippen LogP contribution in [0.5, 0.6) is 5.75 Å². The van der Waals surface area contributed by atoms with E-state index in [9.17, 15) is 9.59 Å². The van der Waals surface area contributed by atoms with Crippen molar-refractivity contribution in [2.24, 2.45) is 0 Å². The van der Waals surface area contributed by atoms with Crippen LogP contribution in [0, 0.1) is 6.92 Å². The van der Waals surface area contributed by atoms with E-state index in [1.807, 2.05) is 25.1 Å². The molecule has 0 aliphatic rings. The number of rotatable bonds is 4. The molecule has 2 rings (SSSR count). The summed E-state index contributed by atoms with van der Waals surface area (Å²) in [5.74, 6) is -0.225. The summed E-state index contributed by atoms with van der Waals surface area (Å²) in [5, 5.41) is 0.533. The molecule has 0 saturated heterocycles. The van der Waals surface area contributed by atoms with Gasteiger partial charge in [-0.05, 0) is 49.4 Å². The number of halogens is 1. The fourth-order valence-electron chi connectivity index (χ4n) is 1.98. The molecule has 24 heavy (non-hydrogen) atoms. The van der Waals surface area contributed by atoms with E-state index in [1.165, 1.54) is 6.08 Å². The second-order valence-corrected chi connectivity index (χ2v) is 5.47. The van der Waals surface area contributed by atoms with Crippen molar-refractivity contribution in [1.82, 2.24) is 10.9 Å². The summed E-state index contributed by atoms with van der Waals surface area (Å²) in [6.45, 7) is 1.95. The number of hydrogen-bond donors (Lipinski definition) is 2. The van der Waals surface area contributed by atoms with Crippen molar-refractivity contribution in [1.29, 1.82) is 0 Å². The summed E-state index contributed by atoms with van der Waals surface area (Å²) >= 11 is 5.76. The van der Waals surface area contributed by atoms with Crippen molar-refractivity contribution >= 4 is 29.5 Å². The molecule has 2 aromatic rings. The molecule has 6 heteroatoms. The van der Waals surface area contributed by atoms with Crippen molar-refractivity contribution in [3.05, 3.63) is 70.3 Å². The van der Waals surface area contributed by atoms with Crippen LogP contribution in [0.2, 0.25) is 5.02 Å². The van der Waals surface area contributed by atoms with Crippen LogP contribution in [-0.2, 0) is 4.79 Å². The lowest BCUT2D eigenvalue weighted by atomic mass is 10.1. The highest BCUT2D eigenvalue weighted by molar-refractivity contribution is 6.30. The summed E-state index contributed by atoms with van der Waals surface area (Å²) < 4.78 is 5.23. The average molecular weight is 345 g/mol. The van der Waals surface area contributed by atoms with Crippen molar-refractivity contribution in [2.45, 2.75) is 6.92 Å². The Bertz CT molecular complexity index is 770. The molecule has 124 valence electrons. The standard InChI is InChI=1S/C18H17ClN2O3/c1-12-3-9-16(24-2)14(11-12)6-10-17(22)20-21-18(23)13-4-7-15(19)8-5-13/h3-11H,1-2H3,(H,20,22)(H,21,23)/b10-6+. The van der Waals surface area contributed by atoms with Crippen molar-refractivity contribution in [3.8, 4) is 5.75 Å². The largest absolute Gasteiger partial charge is 0.496 e. The van der Waals surface area contributed by atoms with E-state index in [-0.39, 0.29) is 0 Å². The van der Waals surface area contributed by atoms with Gasteiger partial charge in [-0.1, -0.05) is 23.2 Å². The molecule has 0 spiro atoms. The molecule has 0 atom stereocenters. The lowest BCUT2D eigenvalue weighted by Gasteiger charge is -2.07. The Kier molecular flexibility index (Phi) is 5.98. The molecule has 0 aromatic heterocycles. The summed E-state index contributed by atoms with van der Waals surface area (Å²) in [6, 6.07) is 12.0. The maximum absolute atomic E-state index is 11.9. The van der Waals surface area contributed by atoms with Crippen LogP contribution in [0.1, 0.15) is 21.5 Å². The van der Waals surface area contributed by atoms with Crippen molar-refractivity contribution < 1.29 is 14.3 Å². The van der Waals surface area contributed by atoms with E-state index in [0.29, 0.717) is 16.3 Å². The molecule has 0 heterocycles. The SMILES string of the molecule is COc1ccc(C)cc1/C=C/C(=O)NNC(=O)c1ccc(Cl)cc1. The van der Waals surface area contributed by atoms with Gasteiger partial charge in [-0.2, -0.15) is 0 Å². The first-order chi connectivity index (χ1) is 11.5. The molecule has 0 bridgehead atoms. The molecule has 2 amide bonds. The molecular weight excluding hydrogens is 328 g/mol. The number of hydrogen-bond acceptors (Lipinski definition) is 3. The minimum Gasteiger partial charge on any atom is -0.496 e. The lowest BCUT2D eigenvalue weighted by Crippen LogP contribution is -2.40. The number of amides is 2. The van der Waals surface area contributed by atoms with Crippen LogP contribution in [0.15, 0.2) is 48.5 Å². The Morgan fingerprint density at radius 3 is 2.46 bits per heavy atom. The number of ether oxygens (including phenoxy) is 1. The highest BCUT2D eigenvalue weighted by Gasteiger charge is 2.06. The van der Waals surface area contributed by atoms with Crippen molar-refractivity contribution in [2.75, 3.05) is 7.11 Å². The zero-order valence-corrected chi connectivity index (χ0v) is 14.1.